The summed E-state index contributed by atoms with van der Waals surface area (Å²) in [5, 5.41) is 0. The molecule has 1 aliphatic heterocycles. The Kier molecular flexibility index (Phi) is 4.46. The summed E-state index contributed by atoms with van der Waals surface area (Å²) in [6.45, 7) is 5.38. The molecule has 0 radical (unpaired) electrons. The summed E-state index contributed by atoms with van der Waals surface area (Å²) in [5.74, 6) is -0.174. The van der Waals surface area contributed by atoms with Gasteiger partial charge in [-0.25, -0.2) is 9.69 Å². The molecule has 0 unspecified atom stereocenters. The van der Waals surface area contributed by atoms with E-state index in [9.17, 15) is 9.59 Å². The van der Waals surface area contributed by atoms with Crippen LogP contribution in [0.15, 0.2) is 36.4 Å². The van der Waals surface area contributed by atoms with E-state index in [4.69, 9.17) is 4.74 Å². The lowest BCUT2D eigenvalue weighted by molar-refractivity contribution is -0.127. The van der Waals surface area contributed by atoms with Gasteiger partial charge in [0.25, 0.3) is 0 Å². The molecular formula is C17H21NO3. The van der Waals surface area contributed by atoms with Crippen molar-refractivity contribution in [2.75, 3.05) is 0 Å². The van der Waals surface area contributed by atoms with Crippen LogP contribution in [0.2, 0.25) is 0 Å². The smallest absolute Gasteiger partial charge is 0.417 e. The normalized spacial score (nSPS) is 19.3. The second-order valence-corrected chi connectivity index (χ2v) is 6.12. The Balaban J connectivity index is 2.10. The quantitative estimate of drug-likeness (QED) is 0.834. The molecule has 1 aliphatic rings. The molecule has 1 atom stereocenters. The molecule has 0 aliphatic carbocycles. The number of hydrogen-bond donors (Lipinski definition) is 0. The van der Waals surface area contributed by atoms with Crippen molar-refractivity contribution in [3.8, 4) is 0 Å². The predicted molar refractivity (Wildman–Crippen MR) is 81.6 cm³/mol. The first-order valence-electron chi connectivity index (χ1n) is 7.15. The summed E-state index contributed by atoms with van der Waals surface area (Å²) in [6.07, 6.45) is 4.28. The lowest BCUT2D eigenvalue weighted by Crippen LogP contribution is -2.41. The van der Waals surface area contributed by atoms with Crippen molar-refractivity contribution in [3.63, 3.8) is 0 Å². The van der Waals surface area contributed by atoms with Gasteiger partial charge in [0, 0.05) is 6.42 Å². The maximum absolute atomic E-state index is 12.1. The molecule has 21 heavy (non-hydrogen) atoms. The third-order valence-corrected chi connectivity index (χ3v) is 3.15. The van der Waals surface area contributed by atoms with Crippen molar-refractivity contribution in [1.29, 1.82) is 0 Å². The molecule has 112 valence electrons. The molecule has 1 aromatic rings. The van der Waals surface area contributed by atoms with E-state index < -0.39 is 11.7 Å². The van der Waals surface area contributed by atoms with Crippen LogP contribution < -0.4 is 0 Å². The number of carbonyl (C=O) groups excluding carboxylic acids is 2. The largest absolute Gasteiger partial charge is 0.443 e. The highest BCUT2D eigenvalue weighted by Gasteiger charge is 2.37. The number of amides is 2. The SMILES string of the molecule is CC(C)(C)OC(=O)N1C(=O)CC[C@@H]1/C=C/c1ccccc1. The van der Waals surface area contributed by atoms with Crippen molar-refractivity contribution in [1.82, 2.24) is 4.90 Å². The third kappa shape index (κ3) is 4.18. The maximum atomic E-state index is 12.1. The number of hydrogen-bond acceptors (Lipinski definition) is 3. The Hall–Kier alpha value is -2.10. The second kappa shape index (κ2) is 6.12. The third-order valence-electron chi connectivity index (χ3n) is 3.15. The Labute approximate surface area is 125 Å². The molecule has 1 fully saturated rings. The van der Waals surface area contributed by atoms with Gasteiger partial charge in [-0.2, -0.15) is 0 Å². The summed E-state index contributed by atoms with van der Waals surface area (Å²) in [5.41, 5.74) is 0.439. The van der Waals surface area contributed by atoms with E-state index in [1.165, 1.54) is 4.90 Å². The highest BCUT2D eigenvalue weighted by molar-refractivity contribution is 5.94. The van der Waals surface area contributed by atoms with Crippen molar-refractivity contribution in [3.05, 3.63) is 42.0 Å². The summed E-state index contributed by atoms with van der Waals surface area (Å²) in [7, 11) is 0. The van der Waals surface area contributed by atoms with Gasteiger partial charge >= 0.3 is 6.09 Å². The summed E-state index contributed by atoms with van der Waals surface area (Å²) in [6, 6.07) is 9.57. The van der Waals surface area contributed by atoms with E-state index in [1.54, 1.807) is 20.8 Å². The second-order valence-electron chi connectivity index (χ2n) is 6.12. The molecule has 4 heteroatoms. The molecular weight excluding hydrogens is 266 g/mol. The van der Waals surface area contributed by atoms with Gasteiger partial charge < -0.3 is 4.74 Å². The van der Waals surface area contributed by atoms with Gasteiger partial charge in [-0.05, 0) is 32.8 Å². The summed E-state index contributed by atoms with van der Waals surface area (Å²) < 4.78 is 5.31. The molecule has 1 saturated heterocycles. The van der Waals surface area contributed by atoms with Gasteiger partial charge in [0.15, 0.2) is 0 Å². The van der Waals surface area contributed by atoms with Crippen molar-refractivity contribution < 1.29 is 14.3 Å². The number of nitrogens with zero attached hydrogens (tertiary/aromatic N) is 1. The molecule has 0 bridgehead atoms. The fraction of sp³-hybridized carbons (Fsp3) is 0.412. The maximum Gasteiger partial charge on any atom is 0.417 e. The van der Waals surface area contributed by atoms with Crippen LogP contribution in [0.3, 0.4) is 0 Å². The first-order chi connectivity index (χ1) is 9.87. The zero-order valence-corrected chi connectivity index (χ0v) is 12.7. The molecule has 0 N–H and O–H groups in total. The molecule has 0 saturated carbocycles. The number of benzene rings is 1. The van der Waals surface area contributed by atoms with Gasteiger partial charge in [-0.3, -0.25) is 4.79 Å². The highest BCUT2D eigenvalue weighted by atomic mass is 16.6. The fourth-order valence-corrected chi connectivity index (χ4v) is 2.22. The minimum absolute atomic E-state index is 0.174. The minimum atomic E-state index is -0.604. The van der Waals surface area contributed by atoms with Crippen LogP contribution in [-0.4, -0.2) is 28.5 Å². The van der Waals surface area contributed by atoms with E-state index in [2.05, 4.69) is 0 Å². The van der Waals surface area contributed by atoms with Gasteiger partial charge in [-0.15, -0.1) is 0 Å². The molecule has 0 spiro atoms. The van der Waals surface area contributed by atoms with Crippen molar-refractivity contribution in [2.24, 2.45) is 0 Å². The van der Waals surface area contributed by atoms with Crippen LogP contribution in [0.25, 0.3) is 6.08 Å². The Bertz CT molecular complexity index is 543. The molecule has 4 nitrogen and oxygen atoms in total. The summed E-state index contributed by atoms with van der Waals surface area (Å²) in [4.78, 5) is 25.3. The topological polar surface area (TPSA) is 46.6 Å². The van der Waals surface area contributed by atoms with E-state index in [0.29, 0.717) is 12.8 Å². The van der Waals surface area contributed by atoms with E-state index in [1.807, 2.05) is 42.5 Å². The zero-order valence-electron chi connectivity index (χ0n) is 12.7. The van der Waals surface area contributed by atoms with Crippen LogP contribution in [-0.2, 0) is 9.53 Å². The number of ether oxygens (including phenoxy) is 1. The number of carbonyl (C=O) groups is 2. The number of likely N-dealkylation sites (tertiary alicyclic amines) is 1. The average molecular weight is 287 g/mol. The molecule has 0 aromatic heterocycles. The summed E-state index contributed by atoms with van der Waals surface area (Å²) >= 11 is 0. The number of imide groups is 1. The van der Waals surface area contributed by atoms with Crippen LogP contribution in [0.5, 0.6) is 0 Å². The fourth-order valence-electron chi connectivity index (χ4n) is 2.22. The van der Waals surface area contributed by atoms with Gasteiger partial charge in [-0.1, -0.05) is 42.5 Å². The molecule has 1 heterocycles. The highest BCUT2D eigenvalue weighted by Crippen LogP contribution is 2.23. The number of rotatable bonds is 2. The Morgan fingerprint density at radius 3 is 2.57 bits per heavy atom. The predicted octanol–water partition coefficient (Wildman–Crippen LogP) is 3.63. The van der Waals surface area contributed by atoms with Crippen LogP contribution in [0, 0.1) is 0 Å². The van der Waals surface area contributed by atoms with Crippen molar-refractivity contribution in [2.45, 2.75) is 45.3 Å². The molecule has 1 aromatic carbocycles. The van der Waals surface area contributed by atoms with E-state index in [0.717, 1.165) is 5.56 Å². The van der Waals surface area contributed by atoms with Crippen LogP contribution in [0.1, 0.15) is 39.2 Å². The monoisotopic (exact) mass is 287 g/mol. The lowest BCUT2D eigenvalue weighted by Gasteiger charge is -2.26. The Morgan fingerprint density at radius 1 is 1.29 bits per heavy atom. The van der Waals surface area contributed by atoms with Gasteiger partial charge in [0.2, 0.25) is 5.91 Å². The molecule has 2 rings (SSSR count). The lowest BCUT2D eigenvalue weighted by atomic mass is 10.1. The van der Waals surface area contributed by atoms with Crippen LogP contribution in [0.4, 0.5) is 4.79 Å². The zero-order chi connectivity index (χ0) is 15.5. The van der Waals surface area contributed by atoms with E-state index in [-0.39, 0.29) is 11.9 Å². The Morgan fingerprint density at radius 2 is 1.95 bits per heavy atom. The van der Waals surface area contributed by atoms with Crippen LogP contribution >= 0.6 is 0 Å². The van der Waals surface area contributed by atoms with Gasteiger partial charge in [0.1, 0.15) is 5.60 Å². The standard InChI is InChI=1S/C17H21NO3/c1-17(2,3)21-16(20)18-14(11-12-15(18)19)10-9-13-7-5-4-6-8-13/h4-10,14H,11-12H2,1-3H3/b10-9+/t14-/m0/s1. The minimum Gasteiger partial charge on any atom is -0.443 e. The van der Waals surface area contributed by atoms with Crippen molar-refractivity contribution >= 4 is 18.1 Å². The first kappa shape index (κ1) is 15.3. The first-order valence-corrected chi connectivity index (χ1v) is 7.15. The average Bonchev–Trinajstić information content (AvgIpc) is 2.77. The van der Waals surface area contributed by atoms with E-state index >= 15 is 0 Å². The van der Waals surface area contributed by atoms with Gasteiger partial charge in [0.05, 0.1) is 6.04 Å². The molecule has 2 amide bonds.